The van der Waals surface area contributed by atoms with Crippen molar-refractivity contribution < 1.29 is 4.79 Å². The second-order valence-electron chi connectivity index (χ2n) is 2.42. The molecule has 0 aliphatic heterocycles. The Bertz CT molecular complexity index is 436. The van der Waals surface area contributed by atoms with Gasteiger partial charge in [0.1, 0.15) is 0 Å². The van der Waals surface area contributed by atoms with Gasteiger partial charge >= 0.3 is 0 Å². The first-order chi connectivity index (χ1) is 5.83. The van der Waals surface area contributed by atoms with Crippen molar-refractivity contribution in [2.45, 2.75) is 0 Å². The Morgan fingerprint density at radius 3 is 3.08 bits per heavy atom. The molecule has 0 unspecified atom stereocenters. The fraction of sp³-hybridized carbons (Fsp3) is 0. The van der Waals surface area contributed by atoms with Crippen molar-refractivity contribution in [2.75, 3.05) is 0 Å². The molecule has 1 N–H and O–H groups in total. The van der Waals surface area contributed by atoms with Gasteiger partial charge in [-0.1, -0.05) is 6.07 Å². The van der Waals surface area contributed by atoms with Gasteiger partial charge in [0.15, 0.2) is 6.29 Å². The summed E-state index contributed by atoms with van der Waals surface area (Å²) in [4.78, 5) is 10.5. The van der Waals surface area contributed by atoms with Crippen molar-refractivity contribution in [2.24, 2.45) is 0 Å². The number of halogens is 1. The van der Waals surface area contributed by atoms with Crippen molar-refractivity contribution in [3.63, 3.8) is 0 Å². The molecule has 0 spiro atoms. The van der Waals surface area contributed by atoms with E-state index in [1.54, 1.807) is 12.3 Å². The van der Waals surface area contributed by atoms with E-state index in [2.05, 4.69) is 26.1 Å². The van der Waals surface area contributed by atoms with Gasteiger partial charge in [0.25, 0.3) is 0 Å². The molecule has 1 aromatic carbocycles. The summed E-state index contributed by atoms with van der Waals surface area (Å²) < 4.78 is 0.771. The minimum Gasteiger partial charge on any atom is -0.298 e. The Kier molecular flexibility index (Phi) is 1.69. The number of aromatic amines is 1. The Morgan fingerprint density at radius 1 is 1.50 bits per heavy atom. The summed E-state index contributed by atoms with van der Waals surface area (Å²) in [6.07, 6.45) is 2.53. The summed E-state index contributed by atoms with van der Waals surface area (Å²) in [5, 5.41) is 7.67. The predicted octanol–water partition coefficient (Wildman–Crippen LogP) is 2.14. The Hall–Kier alpha value is -1.16. The highest BCUT2D eigenvalue weighted by Crippen LogP contribution is 2.24. The van der Waals surface area contributed by atoms with E-state index in [-0.39, 0.29) is 0 Å². The standard InChI is InChI=1S/C8H5BrN2O/c9-7-6(4-12)2-1-5-3-10-11-8(5)7/h1-4H,(H,10,11). The lowest BCUT2D eigenvalue weighted by molar-refractivity contribution is 0.112. The van der Waals surface area contributed by atoms with Gasteiger partial charge in [0, 0.05) is 10.9 Å². The molecule has 0 aliphatic rings. The predicted molar refractivity (Wildman–Crippen MR) is 49.2 cm³/mol. The maximum atomic E-state index is 10.5. The molecule has 3 nitrogen and oxygen atoms in total. The fourth-order valence-electron chi connectivity index (χ4n) is 1.09. The van der Waals surface area contributed by atoms with E-state index in [9.17, 15) is 4.79 Å². The minimum absolute atomic E-state index is 0.631. The SMILES string of the molecule is O=Cc1ccc2cn[nH]c2c1Br. The molecule has 0 amide bonds. The Balaban J connectivity index is 2.86. The van der Waals surface area contributed by atoms with Gasteiger partial charge < -0.3 is 0 Å². The number of aromatic nitrogens is 2. The van der Waals surface area contributed by atoms with Crippen molar-refractivity contribution in [1.29, 1.82) is 0 Å². The van der Waals surface area contributed by atoms with Crippen LogP contribution in [-0.2, 0) is 0 Å². The summed E-state index contributed by atoms with van der Waals surface area (Å²) in [6.45, 7) is 0. The molecule has 0 radical (unpaired) electrons. The number of benzene rings is 1. The number of H-pyrrole nitrogens is 1. The molecule has 0 bridgehead atoms. The van der Waals surface area contributed by atoms with E-state index in [0.717, 1.165) is 21.7 Å². The summed E-state index contributed by atoms with van der Waals surface area (Å²) in [5.41, 5.74) is 1.49. The van der Waals surface area contributed by atoms with E-state index in [0.29, 0.717) is 5.56 Å². The highest BCUT2D eigenvalue weighted by atomic mass is 79.9. The number of nitrogens with zero attached hydrogens (tertiary/aromatic N) is 1. The molecule has 12 heavy (non-hydrogen) atoms. The molecule has 0 fully saturated rings. The first-order valence-corrected chi connectivity index (χ1v) is 4.19. The number of hydrogen-bond donors (Lipinski definition) is 1. The molecular formula is C8H5BrN2O. The van der Waals surface area contributed by atoms with Crippen LogP contribution in [0.1, 0.15) is 10.4 Å². The Morgan fingerprint density at radius 2 is 2.33 bits per heavy atom. The van der Waals surface area contributed by atoms with E-state index in [4.69, 9.17) is 0 Å². The van der Waals surface area contributed by atoms with Crippen molar-refractivity contribution >= 4 is 33.1 Å². The zero-order valence-corrected chi connectivity index (χ0v) is 7.63. The normalized spacial score (nSPS) is 10.4. The lowest BCUT2D eigenvalue weighted by Crippen LogP contribution is -1.82. The largest absolute Gasteiger partial charge is 0.298 e. The summed E-state index contributed by atoms with van der Waals surface area (Å²) in [6, 6.07) is 3.61. The zero-order chi connectivity index (χ0) is 8.55. The fourth-order valence-corrected chi connectivity index (χ4v) is 1.63. The molecule has 4 heteroatoms. The van der Waals surface area contributed by atoms with Crippen molar-refractivity contribution in [3.05, 3.63) is 28.4 Å². The quantitative estimate of drug-likeness (QED) is 0.755. The van der Waals surface area contributed by atoms with Crippen LogP contribution in [0.2, 0.25) is 0 Å². The number of nitrogens with one attached hydrogen (secondary N) is 1. The van der Waals surface area contributed by atoms with Gasteiger partial charge in [-0.2, -0.15) is 5.10 Å². The van der Waals surface area contributed by atoms with E-state index in [1.807, 2.05) is 6.07 Å². The molecule has 2 rings (SSSR count). The highest BCUT2D eigenvalue weighted by Gasteiger charge is 2.04. The first-order valence-electron chi connectivity index (χ1n) is 3.39. The molecule has 0 atom stereocenters. The minimum atomic E-state index is 0.631. The maximum Gasteiger partial charge on any atom is 0.151 e. The van der Waals surface area contributed by atoms with Crippen LogP contribution < -0.4 is 0 Å². The van der Waals surface area contributed by atoms with Gasteiger partial charge in [0.05, 0.1) is 16.2 Å². The van der Waals surface area contributed by atoms with Gasteiger partial charge in [-0.25, -0.2) is 0 Å². The monoisotopic (exact) mass is 224 g/mol. The Labute approximate surface area is 76.9 Å². The van der Waals surface area contributed by atoms with Gasteiger partial charge in [-0.15, -0.1) is 0 Å². The maximum absolute atomic E-state index is 10.5. The number of aldehydes is 1. The van der Waals surface area contributed by atoms with Crippen molar-refractivity contribution in [3.8, 4) is 0 Å². The van der Waals surface area contributed by atoms with Crippen LogP contribution in [-0.4, -0.2) is 16.5 Å². The van der Waals surface area contributed by atoms with Crippen LogP contribution in [0.4, 0.5) is 0 Å². The third-order valence-corrected chi connectivity index (χ3v) is 2.57. The van der Waals surface area contributed by atoms with Crippen LogP contribution in [0.5, 0.6) is 0 Å². The highest BCUT2D eigenvalue weighted by molar-refractivity contribution is 9.10. The lowest BCUT2D eigenvalue weighted by atomic mass is 10.2. The van der Waals surface area contributed by atoms with Crippen molar-refractivity contribution in [1.82, 2.24) is 10.2 Å². The lowest BCUT2D eigenvalue weighted by Gasteiger charge is -1.95. The molecule has 1 heterocycles. The second kappa shape index (κ2) is 2.71. The van der Waals surface area contributed by atoms with Gasteiger partial charge in [-0.3, -0.25) is 9.89 Å². The van der Waals surface area contributed by atoms with Crippen LogP contribution in [0, 0.1) is 0 Å². The number of carbonyl (C=O) groups is 1. The molecule has 0 aliphatic carbocycles. The van der Waals surface area contributed by atoms with Crippen LogP contribution >= 0.6 is 15.9 Å². The van der Waals surface area contributed by atoms with Gasteiger partial charge in [0.2, 0.25) is 0 Å². The summed E-state index contributed by atoms with van der Waals surface area (Å²) in [5.74, 6) is 0. The number of carbonyl (C=O) groups excluding carboxylic acids is 1. The molecule has 0 saturated carbocycles. The third kappa shape index (κ3) is 0.956. The third-order valence-electron chi connectivity index (χ3n) is 1.71. The number of hydrogen-bond acceptors (Lipinski definition) is 2. The smallest absolute Gasteiger partial charge is 0.151 e. The van der Waals surface area contributed by atoms with Crippen LogP contribution in [0.15, 0.2) is 22.8 Å². The molecule has 2 aromatic rings. The van der Waals surface area contributed by atoms with Crippen LogP contribution in [0.25, 0.3) is 10.9 Å². The van der Waals surface area contributed by atoms with E-state index in [1.165, 1.54) is 0 Å². The summed E-state index contributed by atoms with van der Waals surface area (Å²) in [7, 11) is 0. The molecule has 60 valence electrons. The average Bonchev–Trinajstić information content (AvgIpc) is 2.53. The molecule has 1 aromatic heterocycles. The van der Waals surface area contributed by atoms with E-state index < -0.39 is 0 Å². The molecule has 0 saturated heterocycles. The number of fused-ring (bicyclic) bond motifs is 1. The average molecular weight is 225 g/mol. The van der Waals surface area contributed by atoms with E-state index >= 15 is 0 Å². The molecular weight excluding hydrogens is 220 g/mol. The van der Waals surface area contributed by atoms with Crippen LogP contribution in [0.3, 0.4) is 0 Å². The number of rotatable bonds is 1. The second-order valence-corrected chi connectivity index (χ2v) is 3.21. The first kappa shape index (κ1) is 7.49. The zero-order valence-electron chi connectivity index (χ0n) is 6.04. The van der Waals surface area contributed by atoms with Gasteiger partial charge in [-0.05, 0) is 22.0 Å². The topological polar surface area (TPSA) is 45.8 Å². The summed E-state index contributed by atoms with van der Waals surface area (Å²) >= 11 is 3.32.